The number of thiazole rings is 1. The number of fused-ring (bicyclic) bond motifs is 1. The number of likely N-dealkylation sites (tertiary alicyclic amines) is 1. The number of aromatic nitrogens is 1. The minimum atomic E-state index is -0.316. The third kappa shape index (κ3) is 5.22. The van der Waals surface area contributed by atoms with Crippen molar-refractivity contribution in [1.82, 2.24) is 15.2 Å². The highest BCUT2D eigenvalue weighted by Crippen LogP contribution is 2.33. The number of para-hydroxylation sites is 1. The van der Waals surface area contributed by atoms with Gasteiger partial charge in [-0.25, -0.2) is 9.78 Å². The van der Waals surface area contributed by atoms with Crippen LogP contribution in [0.4, 0.5) is 10.5 Å². The van der Waals surface area contributed by atoms with Gasteiger partial charge in [-0.15, -0.1) is 11.3 Å². The Hall–Kier alpha value is -2.93. The van der Waals surface area contributed by atoms with Crippen LogP contribution in [0.1, 0.15) is 54.9 Å². The van der Waals surface area contributed by atoms with Gasteiger partial charge >= 0.3 is 6.03 Å². The van der Waals surface area contributed by atoms with Crippen molar-refractivity contribution >= 4 is 39.2 Å². The molecule has 1 fully saturated rings. The van der Waals surface area contributed by atoms with Crippen LogP contribution in [0.3, 0.4) is 0 Å². The van der Waals surface area contributed by atoms with Crippen molar-refractivity contribution < 1.29 is 9.59 Å². The molecule has 1 aromatic heterocycles. The second kappa shape index (κ2) is 8.67. The lowest BCUT2D eigenvalue weighted by Gasteiger charge is -2.31. The third-order valence-corrected chi connectivity index (χ3v) is 6.51. The fourth-order valence-electron chi connectivity index (χ4n) is 3.75. The van der Waals surface area contributed by atoms with E-state index in [1.807, 2.05) is 43.9 Å². The number of amides is 3. The van der Waals surface area contributed by atoms with Gasteiger partial charge in [0.1, 0.15) is 0 Å². The van der Waals surface area contributed by atoms with Crippen molar-refractivity contribution in [3.05, 3.63) is 59.1 Å². The van der Waals surface area contributed by atoms with Crippen LogP contribution in [0.15, 0.2) is 48.5 Å². The van der Waals surface area contributed by atoms with Gasteiger partial charge < -0.3 is 15.5 Å². The van der Waals surface area contributed by atoms with Crippen molar-refractivity contribution in [3.8, 4) is 0 Å². The van der Waals surface area contributed by atoms with E-state index in [2.05, 4.69) is 16.7 Å². The molecule has 2 N–H and O–H groups in total. The van der Waals surface area contributed by atoms with Crippen LogP contribution in [0, 0.1) is 0 Å². The second-order valence-electron chi connectivity index (χ2n) is 9.00. The molecular weight excluding hydrogens is 408 g/mol. The predicted molar refractivity (Wildman–Crippen MR) is 126 cm³/mol. The first-order chi connectivity index (χ1) is 14.8. The number of rotatable bonds is 3. The molecule has 162 valence electrons. The summed E-state index contributed by atoms with van der Waals surface area (Å²) in [5.74, 6) is 0.242. The predicted octanol–water partition coefficient (Wildman–Crippen LogP) is 5.24. The van der Waals surface area contributed by atoms with Crippen molar-refractivity contribution in [2.75, 3.05) is 18.4 Å². The summed E-state index contributed by atoms with van der Waals surface area (Å²) in [4.78, 5) is 31.8. The first kappa shape index (κ1) is 21.3. The smallest absolute Gasteiger partial charge is 0.321 e. The van der Waals surface area contributed by atoms with Gasteiger partial charge in [-0.2, -0.15) is 0 Å². The van der Waals surface area contributed by atoms with Gasteiger partial charge in [0.2, 0.25) is 0 Å². The fraction of sp³-hybridized carbons (Fsp3) is 0.375. The number of carbonyl (C=O) groups excluding carboxylic acids is 2. The molecule has 0 aliphatic carbocycles. The number of anilines is 1. The van der Waals surface area contributed by atoms with E-state index in [1.165, 1.54) is 9.71 Å². The zero-order valence-electron chi connectivity index (χ0n) is 18.1. The lowest BCUT2D eigenvalue weighted by molar-refractivity contribution is 0.0919. The molecular formula is C24H28N4O2S. The van der Waals surface area contributed by atoms with Gasteiger partial charge in [-0.3, -0.25) is 4.79 Å². The highest BCUT2D eigenvalue weighted by atomic mass is 32.1. The molecule has 0 bridgehead atoms. The minimum absolute atomic E-state index is 0.129. The zero-order chi connectivity index (χ0) is 22.0. The van der Waals surface area contributed by atoms with E-state index in [9.17, 15) is 9.59 Å². The molecule has 4 rings (SSSR count). The SMILES string of the molecule is CC(C)(C)NC(=O)c1cccc(NC(=O)N2CCC(c3nc4ccccc4s3)CC2)c1. The quantitative estimate of drug-likeness (QED) is 0.590. The van der Waals surface area contributed by atoms with Gasteiger partial charge in [0.25, 0.3) is 5.91 Å². The van der Waals surface area contributed by atoms with E-state index in [4.69, 9.17) is 4.98 Å². The molecule has 3 amide bonds. The molecule has 0 atom stereocenters. The first-order valence-corrected chi connectivity index (χ1v) is 11.4. The number of urea groups is 1. The highest BCUT2D eigenvalue weighted by molar-refractivity contribution is 7.18. The summed E-state index contributed by atoms with van der Waals surface area (Å²) in [6, 6.07) is 15.1. The summed E-state index contributed by atoms with van der Waals surface area (Å²) in [7, 11) is 0. The van der Waals surface area contributed by atoms with Gasteiger partial charge in [-0.1, -0.05) is 18.2 Å². The first-order valence-electron chi connectivity index (χ1n) is 10.6. The average molecular weight is 437 g/mol. The largest absolute Gasteiger partial charge is 0.347 e. The maximum atomic E-state index is 12.8. The molecule has 0 radical (unpaired) electrons. The minimum Gasteiger partial charge on any atom is -0.347 e. The summed E-state index contributed by atoms with van der Waals surface area (Å²) < 4.78 is 1.22. The van der Waals surface area contributed by atoms with Crippen LogP contribution in [-0.4, -0.2) is 40.5 Å². The van der Waals surface area contributed by atoms with Gasteiger partial charge in [0.05, 0.1) is 15.2 Å². The standard InChI is InChI=1S/C24H28N4O2S/c1-24(2,3)27-21(29)17-7-6-8-18(15-17)25-23(30)28-13-11-16(12-14-28)22-26-19-9-4-5-10-20(19)31-22/h4-10,15-16H,11-14H2,1-3H3,(H,25,30)(H,27,29). The Morgan fingerprint density at radius 2 is 1.81 bits per heavy atom. The second-order valence-corrected chi connectivity index (χ2v) is 10.1. The van der Waals surface area contributed by atoms with E-state index >= 15 is 0 Å². The normalized spacial score (nSPS) is 15.1. The molecule has 2 heterocycles. The number of piperidine rings is 1. The fourth-order valence-corrected chi connectivity index (χ4v) is 4.88. The molecule has 1 aliphatic rings. The molecule has 3 aromatic rings. The maximum absolute atomic E-state index is 12.8. The molecule has 2 aromatic carbocycles. The van der Waals surface area contributed by atoms with Crippen LogP contribution in [0.2, 0.25) is 0 Å². The number of hydrogen-bond donors (Lipinski definition) is 2. The van der Waals surface area contributed by atoms with E-state index in [1.54, 1.807) is 35.6 Å². The summed E-state index contributed by atoms with van der Waals surface area (Å²) in [5, 5.41) is 7.05. The number of nitrogens with one attached hydrogen (secondary N) is 2. The number of carbonyl (C=O) groups is 2. The molecule has 1 saturated heterocycles. The third-order valence-electron chi connectivity index (χ3n) is 5.31. The Bertz CT molecular complexity index is 1060. The Morgan fingerprint density at radius 3 is 2.52 bits per heavy atom. The lowest BCUT2D eigenvalue weighted by Crippen LogP contribution is -2.41. The van der Waals surface area contributed by atoms with E-state index < -0.39 is 0 Å². The monoisotopic (exact) mass is 436 g/mol. The van der Waals surface area contributed by atoms with E-state index in [0.717, 1.165) is 18.4 Å². The Balaban J connectivity index is 1.35. The van der Waals surface area contributed by atoms with Crippen molar-refractivity contribution in [2.45, 2.75) is 45.1 Å². The van der Waals surface area contributed by atoms with Crippen LogP contribution in [0.25, 0.3) is 10.2 Å². The maximum Gasteiger partial charge on any atom is 0.321 e. The van der Waals surface area contributed by atoms with Gasteiger partial charge in [0.15, 0.2) is 0 Å². The number of hydrogen-bond acceptors (Lipinski definition) is 4. The van der Waals surface area contributed by atoms with E-state index in [0.29, 0.717) is 30.3 Å². The Kier molecular flexibility index (Phi) is 5.96. The van der Waals surface area contributed by atoms with Crippen LogP contribution < -0.4 is 10.6 Å². The van der Waals surface area contributed by atoms with Gasteiger partial charge in [-0.05, 0) is 63.9 Å². The van der Waals surface area contributed by atoms with Crippen LogP contribution >= 0.6 is 11.3 Å². The number of benzene rings is 2. The van der Waals surface area contributed by atoms with Crippen molar-refractivity contribution in [3.63, 3.8) is 0 Å². The van der Waals surface area contributed by atoms with E-state index in [-0.39, 0.29) is 17.5 Å². The Morgan fingerprint density at radius 1 is 1.06 bits per heavy atom. The molecule has 6 nitrogen and oxygen atoms in total. The zero-order valence-corrected chi connectivity index (χ0v) is 19.0. The van der Waals surface area contributed by atoms with Crippen molar-refractivity contribution in [2.24, 2.45) is 0 Å². The molecule has 0 saturated carbocycles. The molecule has 31 heavy (non-hydrogen) atoms. The van der Waals surface area contributed by atoms with Crippen LogP contribution in [0.5, 0.6) is 0 Å². The summed E-state index contributed by atoms with van der Waals surface area (Å²) in [6.07, 6.45) is 1.81. The topological polar surface area (TPSA) is 74.3 Å². The lowest BCUT2D eigenvalue weighted by atomic mass is 9.98. The Labute approximate surface area is 186 Å². The number of nitrogens with zero attached hydrogens (tertiary/aromatic N) is 2. The van der Waals surface area contributed by atoms with Crippen LogP contribution in [-0.2, 0) is 0 Å². The molecule has 1 aliphatic heterocycles. The summed E-state index contributed by atoms with van der Waals surface area (Å²) >= 11 is 1.76. The molecule has 0 unspecified atom stereocenters. The average Bonchev–Trinajstić information content (AvgIpc) is 3.17. The van der Waals surface area contributed by atoms with Gasteiger partial charge in [0, 0.05) is 35.8 Å². The van der Waals surface area contributed by atoms with Crippen molar-refractivity contribution in [1.29, 1.82) is 0 Å². The molecule has 7 heteroatoms. The summed E-state index contributed by atoms with van der Waals surface area (Å²) in [5.41, 5.74) is 1.89. The molecule has 0 spiro atoms. The summed E-state index contributed by atoms with van der Waals surface area (Å²) in [6.45, 7) is 7.20. The highest BCUT2D eigenvalue weighted by Gasteiger charge is 2.26.